The molecule has 0 radical (unpaired) electrons. The monoisotopic (exact) mass is 443 g/mol. The largest absolute Gasteiger partial charge is 0.362 e. The predicted molar refractivity (Wildman–Crippen MR) is 104 cm³/mol. The summed E-state index contributed by atoms with van der Waals surface area (Å²) in [6.07, 6.45) is 0.945. The molecule has 1 aromatic heterocycles. The Morgan fingerprint density at radius 1 is 1.30 bits per heavy atom. The summed E-state index contributed by atoms with van der Waals surface area (Å²) in [7, 11) is -3.79. The number of halogens is 3. The first-order valence-electron chi connectivity index (χ1n) is 8.81. The van der Waals surface area contributed by atoms with Gasteiger partial charge in [-0.1, -0.05) is 0 Å². The van der Waals surface area contributed by atoms with Gasteiger partial charge < -0.3 is 10.6 Å². The van der Waals surface area contributed by atoms with E-state index >= 15 is 0 Å². The van der Waals surface area contributed by atoms with Gasteiger partial charge in [0, 0.05) is 17.4 Å². The normalized spacial score (nSPS) is 22.6. The number of anilines is 1. The molecule has 1 aliphatic rings. The molecule has 1 saturated heterocycles. The number of aromatic nitrogens is 2. The smallest absolute Gasteiger partial charge is 0.333 e. The number of alkyl halides is 2. The molecule has 1 atom stereocenters. The summed E-state index contributed by atoms with van der Waals surface area (Å²) in [5.74, 6) is -2.27. The average Bonchev–Trinajstić information content (AvgIpc) is 3.12. The van der Waals surface area contributed by atoms with Gasteiger partial charge >= 0.3 is 6.55 Å². The van der Waals surface area contributed by atoms with Crippen molar-refractivity contribution in [1.29, 1.82) is 5.41 Å². The van der Waals surface area contributed by atoms with E-state index < -0.39 is 44.1 Å². The van der Waals surface area contributed by atoms with Crippen LogP contribution in [0.15, 0.2) is 30.5 Å². The molecule has 1 aromatic carbocycles. The van der Waals surface area contributed by atoms with Gasteiger partial charge in [-0.15, -0.1) is 0 Å². The lowest BCUT2D eigenvalue weighted by atomic mass is 9.91. The number of hydrogen-bond donors (Lipinski definition) is 3. The molecule has 3 N–H and O–H groups in total. The number of sulfone groups is 1. The van der Waals surface area contributed by atoms with E-state index in [2.05, 4.69) is 15.7 Å². The molecule has 8 nitrogen and oxygen atoms in total. The van der Waals surface area contributed by atoms with E-state index in [1.807, 2.05) is 0 Å². The third-order valence-corrected chi connectivity index (χ3v) is 7.84. The number of nitrogens with one attached hydrogen (secondary N) is 3. The Kier molecular flexibility index (Phi) is 5.17. The molecule has 162 valence electrons. The maximum absolute atomic E-state index is 14.6. The summed E-state index contributed by atoms with van der Waals surface area (Å²) >= 11 is 0. The lowest BCUT2D eigenvalue weighted by Gasteiger charge is -2.43. The molecular weight excluding hydrogens is 423 g/mol. The molecule has 1 amide bonds. The molecular formula is C18H20F3N5O3S. The van der Waals surface area contributed by atoms with Crippen LogP contribution < -0.4 is 10.6 Å². The highest BCUT2D eigenvalue weighted by Crippen LogP contribution is 2.36. The average molecular weight is 443 g/mol. The Morgan fingerprint density at radius 3 is 2.53 bits per heavy atom. The van der Waals surface area contributed by atoms with Crippen LogP contribution in [0.25, 0.3) is 0 Å². The van der Waals surface area contributed by atoms with Crippen molar-refractivity contribution < 1.29 is 26.4 Å². The lowest BCUT2D eigenvalue weighted by molar-refractivity contribution is 0.0561. The number of amides is 1. The fourth-order valence-corrected chi connectivity index (χ4v) is 4.82. The zero-order valence-electron chi connectivity index (χ0n) is 16.3. The van der Waals surface area contributed by atoms with Gasteiger partial charge in [-0.25, -0.2) is 17.5 Å². The third kappa shape index (κ3) is 3.66. The molecule has 2 heterocycles. The van der Waals surface area contributed by atoms with Gasteiger partial charge in [0.05, 0.1) is 11.3 Å². The summed E-state index contributed by atoms with van der Waals surface area (Å²) in [5.41, 5.74) is -1.68. The molecule has 1 fully saturated rings. The Hall–Kier alpha value is -2.89. The zero-order chi connectivity index (χ0) is 22.5. The first-order chi connectivity index (χ1) is 13.8. The number of nitrogens with zero attached hydrogens (tertiary/aromatic N) is 2. The second-order valence-corrected chi connectivity index (χ2v) is 10.2. The van der Waals surface area contributed by atoms with E-state index in [4.69, 9.17) is 5.41 Å². The molecule has 3 rings (SSSR count). The Morgan fingerprint density at radius 2 is 1.97 bits per heavy atom. The van der Waals surface area contributed by atoms with E-state index in [-0.39, 0.29) is 22.8 Å². The highest BCUT2D eigenvalue weighted by atomic mass is 32.2. The molecule has 2 aromatic rings. The van der Waals surface area contributed by atoms with E-state index in [1.165, 1.54) is 32.9 Å². The fourth-order valence-electron chi connectivity index (χ4n) is 3.11. The van der Waals surface area contributed by atoms with Crippen LogP contribution in [-0.2, 0) is 15.4 Å². The van der Waals surface area contributed by atoms with Gasteiger partial charge in [0.1, 0.15) is 16.4 Å². The van der Waals surface area contributed by atoms with Crippen molar-refractivity contribution >= 4 is 27.3 Å². The van der Waals surface area contributed by atoms with Crippen LogP contribution in [-0.4, -0.2) is 40.4 Å². The van der Waals surface area contributed by atoms with Crippen LogP contribution in [0.5, 0.6) is 0 Å². The van der Waals surface area contributed by atoms with Crippen molar-refractivity contribution in [1.82, 2.24) is 15.1 Å². The SMILES string of the molecule is CC1(C)C(=N)N[C@](C)(c2cc(NC(=O)c3ccn(C(F)F)n3)ccc2F)CS1(=O)=O. The number of hydrogen-bond acceptors (Lipinski definition) is 5. The molecule has 0 unspecified atom stereocenters. The number of rotatable bonds is 4. The van der Waals surface area contributed by atoms with Gasteiger partial charge in [-0.3, -0.25) is 10.2 Å². The Labute approximate surface area is 170 Å². The summed E-state index contributed by atoms with van der Waals surface area (Å²) in [5, 5.41) is 16.7. The Balaban J connectivity index is 1.92. The Bertz CT molecular complexity index is 1130. The van der Waals surface area contributed by atoms with Crippen LogP contribution in [0, 0.1) is 11.2 Å². The lowest BCUT2D eigenvalue weighted by Crippen LogP contribution is -2.64. The van der Waals surface area contributed by atoms with E-state index in [0.29, 0.717) is 4.68 Å². The quantitative estimate of drug-likeness (QED) is 0.672. The minimum Gasteiger partial charge on any atom is -0.362 e. The summed E-state index contributed by atoms with van der Waals surface area (Å²) in [4.78, 5) is 12.3. The second kappa shape index (κ2) is 7.11. The molecule has 1 aliphatic heterocycles. The first kappa shape index (κ1) is 21.8. The minimum absolute atomic E-state index is 0.0674. The van der Waals surface area contributed by atoms with E-state index in [9.17, 15) is 26.4 Å². The van der Waals surface area contributed by atoms with Crippen molar-refractivity contribution in [3.63, 3.8) is 0 Å². The fraction of sp³-hybridized carbons (Fsp3) is 0.389. The molecule has 0 spiro atoms. The van der Waals surface area contributed by atoms with Gasteiger partial charge in [-0.05, 0) is 45.0 Å². The maximum Gasteiger partial charge on any atom is 0.333 e. The third-order valence-electron chi connectivity index (χ3n) is 5.12. The topological polar surface area (TPSA) is 117 Å². The highest BCUT2D eigenvalue weighted by molar-refractivity contribution is 7.93. The van der Waals surface area contributed by atoms with Crippen LogP contribution >= 0.6 is 0 Å². The van der Waals surface area contributed by atoms with E-state index in [1.54, 1.807) is 0 Å². The second-order valence-electron chi connectivity index (χ2n) is 7.71. The first-order valence-corrected chi connectivity index (χ1v) is 10.5. The minimum atomic E-state index is -3.79. The van der Waals surface area contributed by atoms with Crippen LogP contribution in [0.3, 0.4) is 0 Å². The molecule has 0 bridgehead atoms. The number of carbonyl (C=O) groups excluding carboxylic acids is 1. The van der Waals surface area contributed by atoms with Crippen molar-refractivity contribution in [2.45, 2.75) is 37.6 Å². The standard InChI is InChI=1S/C18H20F3N5O3S/c1-17(2)15(22)24-18(3,9-30(17,28)29)11-8-10(4-5-12(11)19)23-14(27)13-6-7-26(25-13)16(20)21/h4-8,16H,9H2,1-3H3,(H2,22,24)(H,23,27)/t18-/m0/s1. The van der Waals surface area contributed by atoms with Gasteiger partial charge in [0.15, 0.2) is 15.5 Å². The maximum atomic E-state index is 14.6. The van der Waals surface area contributed by atoms with Gasteiger partial charge in [0.2, 0.25) is 0 Å². The van der Waals surface area contributed by atoms with Crippen LogP contribution in [0.4, 0.5) is 18.9 Å². The predicted octanol–water partition coefficient (Wildman–Crippen LogP) is 2.66. The number of amidine groups is 1. The van der Waals surface area contributed by atoms with Crippen molar-refractivity contribution in [2.75, 3.05) is 11.1 Å². The highest BCUT2D eigenvalue weighted by Gasteiger charge is 2.51. The number of benzene rings is 1. The molecule has 30 heavy (non-hydrogen) atoms. The summed E-state index contributed by atoms with van der Waals surface area (Å²) in [6.45, 7) is 1.33. The molecule has 0 saturated carbocycles. The summed E-state index contributed by atoms with van der Waals surface area (Å²) in [6, 6.07) is 4.64. The van der Waals surface area contributed by atoms with Crippen molar-refractivity contribution in [3.8, 4) is 0 Å². The van der Waals surface area contributed by atoms with Crippen molar-refractivity contribution in [3.05, 3.63) is 47.5 Å². The number of carbonyl (C=O) groups is 1. The van der Waals surface area contributed by atoms with E-state index in [0.717, 1.165) is 18.3 Å². The summed E-state index contributed by atoms with van der Waals surface area (Å²) < 4.78 is 64.1. The van der Waals surface area contributed by atoms with Crippen LogP contribution in [0.1, 0.15) is 43.4 Å². The van der Waals surface area contributed by atoms with Crippen LogP contribution in [0.2, 0.25) is 0 Å². The zero-order valence-corrected chi connectivity index (χ0v) is 17.1. The van der Waals surface area contributed by atoms with Gasteiger partial charge in [-0.2, -0.15) is 13.9 Å². The molecule has 12 heteroatoms. The van der Waals surface area contributed by atoms with Gasteiger partial charge in [0.25, 0.3) is 5.91 Å². The molecule has 0 aliphatic carbocycles. The van der Waals surface area contributed by atoms with Crippen molar-refractivity contribution in [2.24, 2.45) is 0 Å².